The van der Waals surface area contributed by atoms with Gasteiger partial charge in [0.1, 0.15) is 6.33 Å². The van der Waals surface area contributed by atoms with Gasteiger partial charge in [-0.1, -0.05) is 25.1 Å². The number of nitrogens with zero attached hydrogens (tertiary/aromatic N) is 3. The average molecular weight is 426 g/mol. The number of H-pyrrole nitrogens is 1. The fraction of sp³-hybridized carbons (Fsp3) is 0.438. The number of aliphatic imine (C=N–C) groups is 1. The van der Waals surface area contributed by atoms with E-state index >= 15 is 0 Å². The third-order valence-electron chi connectivity index (χ3n) is 3.81. The summed E-state index contributed by atoms with van der Waals surface area (Å²) >= 11 is 0. The Hall–Kier alpha value is -1.64. The maximum Gasteiger partial charge on any atom is 0.191 e. The minimum atomic E-state index is 0. The molecular weight excluding hydrogens is 403 g/mol. The molecule has 1 aliphatic carbocycles. The van der Waals surface area contributed by atoms with Gasteiger partial charge in [0, 0.05) is 18.2 Å². The van der Waals surface area contributed by atoms with Gasteiger partial charge < -0.3 is 10.6 Å². The highest BCUT2D eigenvalue weighted by Crippen LogP contribution is 2.28. The standard InChI is InChI=1S/C16H22N6.HI/c1-3-17-16(21-14-7-11(14)2)18-9-12-5-4-6-13(8-12)15-19-10-20-22-15;/h4-6,8,10-11,14H,3,7,9H2,1-2H3,(H2,17,18,21)(H,19,20,22);1H. The van der Waals surface area contributed by atoms with Crippen LogP contribution in [0.3, 0.4) is 0 Å². The molecule has 1 aliphatic rings. The summed E-state index contributed by atoms with van der Waals surface area (Å²) in [6, 6.07) is 8.77. The molecule has 0 aliphatic heterocycles. The zero-order valence-corrected chi connectivity index (χ0v) is 15.7. The number of hydrogen-bond acceptors (Lipinski definition) is 3. The van der Waals surface area contributed by atoms with Gasteiger partial charge in [-0.05, 0) is 30.9 Å². The molecule has 23 heavy (non-hydrogen) atoms. The fourth-order valence-electron chi connectivity index (χ4n) is 2.35. The van der Waals surface area contributed by atoms with Gasteiger partial charge in [0.2, 0.25) is 0 Å². The number of halogens is 1. The van der Waals surface area contributed by atoms with E-state index in [2.05, 4.69) is 56.8 Å². The Labute approximate surface area is 153 Å². The Morgan fingerprint density at radius 3 is 2.91 bits per heavy atom. The molecule has 3 rings (SSSR count). The number of nitrogens with one attached hydrogen (secondary N) is 3. The van der Waals surface area contributed by atoms with E-state index in [9.17, 15) is 0 Å². The molecule has 0 radical (unpaired) electrons. The third kappa shape index (κ3) is 4.92. The van der Waals surface area contributed by atoms with Crippen LogP contribution < -0.4 is 10.6 Å². The lowest BCUT2D eigenvalue weighted by atomic mass is 10.1. The van der Waals surface area contributed by atoms with Gasteiger partial charge in [0.15, 0.2) is 11.8 Å². The van der Waals surface area contributed by atoms with E-state index in [1.165, 1.54) is 12.7 Å². The Bertz CT molecular complexity index is 640. The number of benzene rings is 1. The van der Waals surface area contributed by atoms with Crippen LogP contribution in [0.25, 0.3) is 11.4 Å². The summed E-state index contributed by atoms with van der Waals surface area (Å²) in [5.74, 6) is 2.42. The van der Waals surface area contributed by atoms with Crippen molar-refractivity contribution in [2.75, 3.05) is 6.54 Å². The van der Waals surface area contributed by atoms with Crippen molar-refractivity contribution in [3.05, 3.63) is 36.2 Å². The maximum absolute atomic E-state index is 4.67. The predicted molar refractivity (Wildman–Crippen MR) is 103 cm³/mol. The van der Waals surface area contributed by atoms with Gasteiger partial charge in [0.05, 0.1) is 6.54 Å². The van der Waals surface area contributed by atoms with Crippen LogP contribution in [-0.2, 0) is 6.54 Å². The number of aromatic amines is 1. The van der Waals surface area contributed by atoms with Crippen molar-refractivity contribution in [1.29, 1.82) is 0 Å². The topological polar surface area (TPSA) is 78.0 Å². The van der Waals surface area contributed by atoms with Crippen molar-refractivity contribution >= 4 is 29.9 Å². The van der Waals surface area contributed by atoms with Crippen molar-refractivity contribution in [3.8, 4) is 11.4 Å². The SMILES string of the molecule is CCNC(=NCc1cccc(-c2ncn[nH]2)c1)NC1CC1C.I. The van der Waals surface area contributed by atoms with Crippen LogP contribution in [0.4, 0.5) is 0 Å². The number of aromatic nitrogens is 3. The number of rotatable bonds is 5. The molecule has 1 saturated carbocycles. The summed E-state index contributed by atoms with van der Waals surface area (Å²) < 4.78 is 0. The summed E-state index contributed by atoms with van der Waals surface area (Å²) in [4.78, 5) is 8.85. The van der Waals surface area contributed by atoms with Crippen molar-refractivity contribution in [1.82, 2.24) is 25.8 Å². The lowest BCUT2D eigenvalue weighted by molar-refractivity contribution is 0.766. The van der Waals surface area contributed by atoms with Gasteiger partial charge in [0.25, 0.3) is 0 Å². The monoisotopic (exact) mass is 426 g/mol. The molecule has 2 atom stereocenters. The Kier molecular flexibility index (Phi) is 6.37. The zero-order chi connectivity index (χ0) is 15.4. The van der Waals surface area contributed by atoms with E-state index in [4.69, 9.17) is 0 Å². The molecule has 0 bridgehead atoms. The Morgan fingerprint density at radius 1 is 1.43 bits per heavy atom. The van der Waals surface area contributed by atoms with Crippen molar-refractivity contribution in [2.45, 2.75) is 32.9 Å². The summed E-state index contributed by atoms with van der Waals surface area (Å²) in [5.41, 5.74) is 2.17. The largest absolute Gasteiger partial charge is 0.357 e. The predicted octanol–water partition coefficient (Wildman–Crippen LogP) is 2.55. The first-order valence-corrected chi connectivity index (χ1v) is 7.75. The second-order valence-corrected chi connectivity index (χ2v) is 5.69. The molecule has 2 aromatic rings. The second kappa shape index (κ2) is 8.28. The van der Waals surface area contributed by atoms with Crippen LogP contribution >= 0.6 is 24.0 Å². The molecule has 3 N–H and O–H groups in total. The van der Waals surface area contributed by atoms with E-state index in [0.717, 1.165) is 35.4 Å². The van der Waals surface area contributed by atoms with Gasteiger partial charge >= 0.3 is 0 Å². The molecular formula is C16H23IN6. The highest BCUT2D eigenvalue weighted by Gasteiger charge is 2.33. The summed E-state index contributed by atoms with van der Waals surface area (Å²) in [6.45, 7) is 5.84. The van der Waals surface area contributed by atoms with Crippen molar-refractivity contribution in [2.24, 2.45) is 10.9 Å². The molecule has 124 valence electrons. The number of hydrogen-bond donors (Lipinski definition) is 3. The van der Waals surface area contributed by atoms with Crippen molar-refractivity contribution in [3.63, 3.8) is 0 Å². The zero-order valence-electron chi connectivity index (χ0n) is 13.4. The minimum Gasteiger partial charge on any atom is -0.357 e. The molecule has 7 heteroatoms. The molecule has 1 aromatic carbocycles. The van der Waals surface area contributed by atoms with Crippen LogP contribution in [0.5, 0.6) is 0 Å². The molecule has 6 nitrogen and oxygen atoms in total. The van der Waals surface area contributed by atoms with E-state index < -0.39 is 0 Å². The Balaban J connectivity index is 0.00000192. The van der Waals surface area contributed by atoms with Crippen LogP contribution in [0, 0.1) is 5.92 Å². The fourth-order valence-corrected chi connectivity index (χ4v) is 2.35. The average Bonchev–Trinajstić information content (AvgIpc) is 3.02. The summed E-state index contributed by atoms with van der Waals surface area (Å²) in [7, 11) is 0. The van der Waals surface area contributed by atoms with Gasteiger partial charge in [-0.25, -0.2) is 9.98 Å². The molecule has 2 unspecified atom stereocenters. The normalized spacial score (nSPS) is 19.8. The number of guanidine groups is 1. The quantitative estimate of drug-likeness (QED) is 0.390. The van der Waals surface area contributed by atoms with E-state index in [0.29, 0.717) is 12.6 Å². The highest BCUT2D eigenvalue weighted by atomic mass is 127. The molecule has 0 saturated heterocycles. The Morgan fingerprint density at radius 2 is 2.26 bits per heavy atom. The first kappa shape index (κ1) is 17.7. The first-order chi connectivity index (χ1) is 10.8. The lowest BCUT2D eigenvalue weighted by Gasteiger charge is -2.10. The van der Waals surface area contributed by atoms with Crippen LogP contribution in [0.1, 0.15) is 25.8 Å². The van der Waals surface area contributed by atoms with E-state index in [1.54, 1.807) is 0 Å². The van der Waals surface area contributed by atoms with Crippen LogP contribution in [0.15, 0.2) is 35.6 Å². The smallest absolute Gasteiger partial charge is 0.191 e. The summed E-state index contributed by atoms with van der Waals surface area (Å²) in [5, 5.41) is 13.5. The minimum absolute atomic E-state index is 0. The van der Waals surface area contributed by atoms with Crippen LogP contribution in [0.2, 0.25) is 0 Å². The van der Waals surface area contributed by atoms with Gasteiger partial charge in [-0.3, -0.25) is 5.10 Å². The lowest BCUT2D eigenvalue weighted by Crippen LogP contribution is -2.39. The second-order valence-electron chi connectivity index (χ2n) is 5.69. The van der Waals surface area contributed by atoms with Gasteiger partial charge in [-0.2, -0.15) is 5.10 Å². The van der Waals surface area contributed by atoms with Crippen LogP contribution in [-0.4, -0.2) is 33.7 Å². The molecule has 0 spiro atoms. The molecule has 0 amide bonds. The van der Waals surface area contributed by atoms with Crippen molar-refractivity contribution < 1.29 is 0 Å². The van der Waals surface area contributed by atoms with Gasteiger partial charge in [-0.15, -0.1) is 24.0 Å². The molecule has 1 heterocycles. The van der Waals surface area contributed by atoms with E-state index in [1.807, 2.05) is 12.1 Å². The van der Waals surface area contributed by atoms with E-state index in [-0.39, 0.29) is 24.0 Å². The third-order valence-corrected chi connectivity index (χ3v) is 3.81. The first-order valence-electron chi connectivity index (χ1n) is 7.75. The highest BCUT2D eigenvalue weighted by molar-refractivity contribution is 14.0. The summed E-state index contributed by atoms with van der Waals surface area (Å²) in [6.07, 6.45) is 2.75. The molecule has 1 fully saturated rings. The molecule has 1 aromatic heterocycles. The maximum atomic E-state index is 4.67.